The van der Waals surface area contributed by atoms with Crippen LogP contribution in [0.5, 0.6) is 0 Å². The summed E-state index contributed by atoms with van der Waals surface area (Å²) in [7, 11) is 0. The van der Waals surface area contributed by atoms with Crippen LogP contribution in [0.1, 0.15) is 32.3 Å². The van der Waals surface area contributed by atoms with Crippen LogP contribution in [-0.4, -0.2) is 24.4 Å². The van der Waals surface area contributed by atoms with Gasteiger partial charge in [-0.3, -0.25) is 9.59 Å². The summed E-state index contributed by atoms with van der Waals surface area (Å²) in [5.41, 5.74) is 7.32. The fourth-order valence-corrected chi connectivity index (χ4v) is 2.06. The number of halogens is 1. The highest BCUT2D eigenvalue weighted by Crippen LogP contribution is 2.22. The first-order valence-corrected chi connectivity index (χ1v) is 7.82. The van der Waals surface area contributed by atoms with E-state index in [1.807, 2.05) is 20.8 Å². The van der Waals surface area contributed by atoms with Gasteiger partial charge in [0.05, 0.1) is 6.04 Å². The lowest BCUT2D eigenvalue weighted by molar-refractivity contribution is -0.123. The van der Waals surface area contributed by atoms with Crippen LogP contribution in [0.25, 0.3) is 0 Å². The lowest BCUT2D eigenvalue weighted by atomic mass is 9.99. The van der Waals surface area contributed by atoms with Crippen LogP contribution in [-0.2, 0) is 9.59 Å². The Morgan fingerprint density at radius 2 is 2.05 bits per heavy atom. The molecule has 2 amide bonds. The standard InChI is InChI=1S/C16H24ClN3O2/c1-4-10(2)15(18)16(22)19-9-8-14(21)20-13-7-5-6-12(17)11(13)3/h5-7,10,15H,4,8-9,18H2,1-3H3,(H,19,22)(H,20,21). The van der Waals surface area contributed by atoms with Crippen LogP contribution in [0.15, 0.2) is 18.2 Å². The van der Waals surface area contributed by atoms with Gasteiger partial charge in [0.1, 0.15) is 0 Å². The quantitative estimate of drug-likeness (QED) is 0.720. The summed E-state index contributed by atoms with van der Waals surface area (Å²) in [4.78, 5) is 23.7. The van der Waals surface area contributed by atoms with Crippen LogP contribution < -0.4 is 16.4 Å². The minimum Gasteiger partial charge on any atom is -0.354 e. The Labute approximate surface area is 136 Å². The van der Waals surface area contributed by atoms with E-state index in [0.29, 0.717) is 10.7 Å². The van der Waals surface area contributed by atoms with Gasteiger partial charge in [0.25, 0.3) is 0 Å². The van der Waals surface area contributed by atoms with Crippen LogP contribution in [0, 0.1) is 12.8 Å². The Balaban J connectivity index is 2.41. The number of hydrogen-bond donors (Lipinski definition) is 3. The van der Waals surface area contributed by atoms with Crippen LogP contribution in [0.4, 0.5) is 5.69 Å². The first-order valence-electron chi connectivity index (χ1n) is 7.45. The average molecular weight is 326 g/mol. The molecule has 1 aromatic rings. The molecule has 0 fully saturated rings. The molecule has 4 N–H and O–H groups in total. The van der Waals surface area contributed by atoms with Crippen LogP contribution in [0.2, 0.25) is 5.02 Å². The number of carbonyl (C=O) groups excluding carboxylic acids is 2. The fraction of sp³-hybridized carbons (Fsp3) is 0.500. The Morgan fingerprint density at radius 3 is 2.68 bits per heavy atom. The molecule has 0 aliphatic rings. The zero-order valence-electron chi connectivity index (χ0n) is 13.3. The number of amides is 2. The molecule has 0 heterocycles. The third-order valence-electron chi connectivity index (χ3n) is 3.75. The fourth-order valence-electron chi connectivity index (χ4n) is 1.89. The Bertz CT molecular complexity index is 534. The summed E-state index contributed by atoms with van der Waals surface area (Å²) in [6.07, 6.45) is 1.02. The van der Waals surface area contributed by atoms with Gasteiger partial charge >= 0.3 is 0 Å². The van der Waals surface area contributed by atoms with Gasteiger partial charge in [0.15, 0.2) is 0 Å². The maximum atomic E-state index is 11.9. The van der Waals surface area contributed by atoms with E-state index in [2.05, 4.69) is 10.6 Å². The van der Waals surface area contributed by atoms with Crippen molar-refractivity contribution in [2.45, 2.75) is 39.7 Å². The molecule has 0 spiro atoms. The maximum Gasteiger partial charge on any atom is 0.237 e. The van der Waals surface area contributed by atoms with E-state index in [9.17, 15) is 9.59 Å². The third kappa shape index (κ3) is 5.31. The Kier molecular flexibility index (Phi) is 7.35. The summed E-state index contributed by atoms with van der Waals surface area (Å²) in [5.74, 6) is -0.285. The van der Waals surface area contributed by atoms with E-state index < -0.39 is 6.04 Å². The molecule has 0 saturated heterocycles. The summed E-state index contributed by atoms with van der Waals surface area (Å²) < 4.78 is 0. The normalized spacial score (nSPS) is 13.3. The smallest absolute Gasteiger partial charge is 0.237 e. The van der Waals surface area contributed by atoms with Crippen molar-refractivity contribution in [3.8, 4) is 0 Å². The lowest BCUT2D eigenvalue weighted by Crippen LogP contribution is -2.45. The molecule has 0 aliphatic heterocycles. The molecule has 0 aliphatic carbocycles. The number of carbonyl (C=O) groups is 2. The molecule has 1 aromatic carbocycles. The third-order valence-corrected chi connectivity index (χ3v) is 4.16. The summed E-state index contributed by atoms with van der Waals surface area (Å²) in [6.45, 7) is 6.01. The number of nitrogens with one attached hydrogen (secondary N) is 2. The van der Waals surface area contributed by atoms with Gasteiger partial charge in [-0.25, -0.2) is 0 Å². The van der Waals surface area contributed by atoms with Crippen molar-refractivity contribution >= 4 is 29.1 Å². The van der Waals surface area contributed by atoms with Crippen molar-refractivity contribution < 1.29 is 9.59 Å². The number of benzene rings is 1. The van der Waals surface area contributed by atoms with E-state index >= 15 is 0 Å². The molecule has 2 unspecified atom stereocenters. The first-order chi connectivity index (χ1) is 10.4. The van der Waals surface area contributed by atoms with Crippen LogP contribution in [0.3, 0.4) is 0 Å². The van der Waals surface area contributed by atoms with Crippen molar-refractivity contribution in [2.24, 2.45) is 11.7 Å². The average Bonchev–Trinajstić information content (AvgIpc) is 2.50. The molecule has 2 atom stereocenters. The molecule has 0 radical (unpaired) electrons. The van der Waals surface area contributed by atoms with E-state index in [-0.39, 0.29) is 30.7 Å². The number of nitrogens with two attached hydrogens (primary N) is 1. The van der Waals surface area contributed by atoms with Gasteiger partial charge in [0, 0.05) is 23.7 Å². The minimum atomic E-state index is -0.539. The summed E-state index contributed by atoms with van der Waals surface area (Å²) in [5, 5.41) is 6.07. The first kappa shape index (κ1) is 18.5. The predicted molar refractivity (Wildman–Crippen MR) is 89.9 cm³/mol. The molecule has 0 saturated carbocycles. The second-order valence-corrected chi connectivity index (χ2v) is 5.82. The number of hydrogen-bond acceptors (Lipinski definition) is 3. The number of rotatable bonds is 7. The van der Waals surface area contributed by atoms with Crippen LogP contribution >= 0.6 is 11.6 Å². The van der Waals surface area contributed by atoms with Gasteiger partial charge in [-0.05, 0) is 30.5 Å². The van der Waals surface area contributed by atoms with Crippen molar-refractivity contribution in [1.29, 1.82) is 0 Å². The van der Waals surface area contributed by atoms with Gasteiger partial charge in [-0.1, -0.05) is 37.9 Å². The van der Waals surface area contributed by atoms with Crippen molar-refractivity contribution in [1.82, 2.24) is 5.32 Å². The van der Waals surface area contributed by atoms with Gasteiger partial charge in [-0.2, -0.15) is 0 Å². The van der Waals surface area contributed by atoms with Gasteiger partial charge in [-0.15, -0.1) is 0 Å². The molecular weight excluding hydrogens is 302 g/mol. The number of anilines is 1. The lowest BCUT2D eigenvalue weighted by Gasteiger charge is -2.17. The monoisotopic (exact) mass is 325 g/mol. The molecule has 5 nitrogen and oxygen atoms in total. The second kappa shape index (κ2) is 8.76. The molecule has 0 aromatic heterocycles. The Hall–Kier alpha value is -1.59. The maximum absolute atomic E-state index is 11.9. The highest BCUT2D eigenvalue weighted by atomic mass is 35.5. The highest BCUT2D eigenvalue weighted by Gasteiger charge is 2.19. The highest BCUT2D eigenvalue weighted by molar-refractivity contribution is 6.31. The summed E-state index contributed by atoms with van der Waals surface area (Å²) >= 11 is 6.00. The topological polar surface area (TPSA) is 84.2 Å². The van der Waals surface area contributed by atoms with Crippen molar-refractivity contribution in [3.63, 3.8) is 0 Å². The van der Waals surface area contributed by atoms with Crippen molar-refractivity contribution in [3.05, 3.63) is 28.8 Å². The summed E-state index contributed by atoms with van der Waals surface area (Å²) in [6, 6.07) is 4.79. The van der Waals surface area contributed by atoms with Gasteiger partial charge in [0.2, 0.25) is 11.8 Å². The Morgan fingerprint density at radius 1 is 1.36 bits per heavy atom. The SMILES string of the molecule is CCC(C)C(N)C(=O)NCCC(=O)Nc1cccc(Cl)c1C. The van der Waals surface area contributed by atoms with E-state index in [0.717, 1.165) is 12.0 Å². The molecule has 22 heavy (non-hydrogen) atoms. The molecule has 1 rings (SSSR count). The molecule has 122 valence electrons. The molecule has 0 bridgehead atoms. The minimum absolute atomic E-state index is 0.114. The van der Waals surface area contributed by atoms with Gasteiger partial charge < -0.3 is 16.4 Å². The zero-order chi connectivity index (χ0) is 16.7. The zero-order valence-corrected chi connectivity index (χ0v) is 14.0. The van der Waals surface area contributed by atoms with E-state index in [1.54, 1.807) is 18.2 Å². The molecular formula is C16H24ClN3O2. The van der Waals surface area contributed by atoms with Crippen molar-refractivity contribution in [2.75, 3.05) is 11.9 Å². The predicted octanol–water partition coefficient (Wildman–Crippen LogP) is 2.47. The van der Waals surface area contributed by atoms with E-state index in [4.69, 9.17) is 17.3 Å². The second-order valence-electron chi connectivity index (χ2n) is 5.41. The largest absolute Gasteiger partial charge is 0.354 e. The van der Waals surface area contributed by atoms with E-state index in [1.165, 1.54) is 0 Å². The molecule has 6 heteroatoms.